The Morgan fingerprint density at radius 3 is 2.25 bits per heavy atom. The molecule has 0 aromatic heterocycles. The van der Waals surface area contributed by atoms with Gasteiger partial charge in [-0.25, -0.2) is 0 Å². The Morgan fingerprint density at radius 2 is 1.42 bits per heavy atom. The third kappa shape index (κ3) is 4.73. The van der Waals surface area contributed by atoms with Crippen LogP contribution in [0.4, 0.5) is 0 Å². The lowest BCUT2D eigenvalue weighted by molar-refractivity contribution is 1.00. The van der Waals surface area contributed by atoms with Crippen LogP contribution in [0.5, 0.6) is 0 Å². The SMILES string of the molecule is [C]1=C/C=C\CC/C=C\CC\C=C/1. The van der Waals surface area contributed by atoms with E-state index >= 15 is 0 Å². The first-order chi connectivity index (χ1) is 6.00. The molecule has 0 unspecified atom stereocenters. The van der Waals surface area contributed by atoms with Gasteiger partial charge in [-0.2, -0.15) is 0 Å². The van der Waals surface area contributed by atoms with E-state index in [1.165, 1.54) is 0 Å². The quantitative estimate of drug-likeness (QED) is 0.474. The first-order valence-electron chi connectivity index (χ1n) is 4.54. The zero-order valence-electron chi connectivity index (χ0n) is 7.37. The molecule has 0 aromatic rings. The highest BCUT2D eigenvalue weighted by atomic mass is 13.9. The topological polar surface area (TPSA) is 0 Å². The smallest absolute Gasteiger partial charge is 0.0187 e. The molecule has 0 amide bonds. The van der Waals surface area contributed by atoms with Crippen molar-refractivity contribution >= 4 is 0 Å². The molecule has 1 aliphatic carbocycles. The summed E-state index contributed by atoms with van der Waals surface area (Å²) >= 11 is 0. The van der Waals surface area contributed by atoms with E-state index in [4.69, 9.17) is 0 Å². The lowest BCUT2D eigenvalue weighted by atomic mass is 10.2. The Bertz CT molecular complexity index is 182. The maximum atomic E-state index is 3.09. The Hall–Kier alpha value is -1.04. The summed E-state index contributed by atoms with van der Waals surface area (Å²) in [5.74, 6) is 0. The Labute approximate surface area is 75.0 Å². The van der Waals surface area contributed by atoms with Crippen molar-refractivity contribution in [2.24, 2.45) is 0 Å². The van der Waals surface area contributed by atoms with E-state index in [9.17, 15) is 0 Å². The standard InChI is InChI=1S/C12H15/c1-2-4-6-8-10-12-11-9-7-5-3-1/h1-3,7-10H,4,6,11-12H2/b2-1-,5-3?,9-7-,10-8-. The molecule has 0 spiro atoms. The summed E-state index contributed by atoms with van der Waals surface area (Å²) in [4.78, 5) is 0. The van der Waals surface area contributed by atoms with Gasteiger partial charge >= 0.3 is 0 Å². The second-order valence-electron chi connectivity index (χ2n) is 2.79. The van der Waals surface area contributed by atoms with Gasteiger partial charge in [-0.05, 0) is 31.8 Å². The van der Waals surface area contributed by atoms with Crippen molar-refractivity contribution in [2.45, 2.75) is 25.7 Å². The van der Waals surface area contributed by atoms with Crippen LogP contribution < -0.4 is 0 Å². The van der Waals surface area contributed by atoms with Gasteiger partial charge < -0.3 is 0 Å². The fourth-order valence-corrected chi connectivity index (χ4v) is 1.05. The molecule has 0 heterocycles. The second-order valence-corrected chi connectivity index (χ2v) is 2.79. The molecule has 0 heteroatoms. The molecule has 0 bridgehead atoms. The van der Waals surface area contributed by atoms with Crippen molar-refractivity contribution in [1.29, 1.82) is 0 Å². The molecule has 0 saturated heterocycles. The predicted molar refractivity (Wildman–Crippen MR) is 53.7 cm³/mol. The summed E-state index contributed by atoms with van der Waals surface area (Å²) in [6.07, 6.45) is 22.5. The number of hydrogen-bond acceptors (Lipinski definition) is 0. The zero-order valence-corrected chi connectivity index (χ0v) is 7.37. The molecule has 0 saturated carbocycles. The summed E-state index contributed by atoms with van der Waals surface area (Å²) < 4.78 is 0. The minimum Gasteiger partial charge on any atom is -0.0882 e. The van der Waals surface area contributed by atoms with Crippen LogP contribution in [0.3, 0.4) is 0 Å². The van der Waals surface area contributed by atoms with Crippen molar-refractivity contribution in [3.8, 4) is 0 Å². The molecule has 1 rings (SSSR count). The van der Waals surface area contributed by atoms with E-state index < -0.39 is 0 Å². The van der Waals surface area contributed by atoms with Crippen molar-refractivity contribution in [3.63, 3.8) is 0 Å². The van der Waals surface area contributed by atoms with Crippen LogP contribution in [-0.2, 0) is 0 Å². The number of hydrogen-bond donors (Lipinski definition) is 0. The Kier molecular flexibility index (Phi) is 5.02. The Morgan fingerprint density at radius 1 is 0.750 bits per heavy atom. The fraction of sp³-hybridized carbons (Fsp3) is 0.333. The predicted octanol–water partition coefficient (Wildman–Crippen LogP) is 3.59. The maximum absolute atomic E-state index is 3.09. The van der Waals surface area contributed by atoms with Crippen LogP contribution in [0, 0.1) is 6.08 Å². The largest absolute Gasteiger partial charge is 0.0882 e. The highest BCUT2D eigenvalue weighted by Gasteiger charge is 1.79. The van der Waals surface area contributed by atoms with Gasteiger partial charge in [0.2, 0.25) is 0 Å². The fourth-order valence-electron chi connectivity index (χ4n) is 1.05. The number of rotatable bonds is 0. The van der Waals surface area contributed by atoms with E-state index in [1.54, 1.807) is 0 Å². The first kappa shape index (κ1) is 9.05. The van der Waals surface area contributed by atoms with E-state index in [-0.39, 0.29) is 0 Å². The molecule has 0 nitrogen and oxygen atoms in total. The highest BCUT2D eigenvalue weighted by Crippen LogP contribution is 1.99. The van der Waals surface area contributed by atoms with Gasteiger partial charge in [0, 0.05) is 0 Å². The first-order valence-corrected chi connectivity index (χ1v) is 4.54. The summed E-state index contributed by atoms with van der Waals surface area (Å²) in [6.45, 7) is 0. The lowest BCUT2D eigenvalue weighted by Crippen LogP contribution is -1.68. The minimum absolute atomic E-state index is 1.13. The van der Waals surface area contributed by atoms with Gasteiger partial charge in [0.15, 0.2) is 0 Å². The van der Waals surface area contributed by atoms with E-state index in [1.807, 2.05) is 12.2 Å². The summed E-state index contributed by atoms with van der Waals surface area (Å²) in [5.41, 5.74) is 0. The summed E-state index contributed by atoms with van der Waals surface area (Å²) in [7, 11) is 0. The average molecular weight is 159 g/mol. The van der Waals surface area contributed by atoms with Crippen LogP contribution in [0.25, 0.3) is 0 Å². The van der Waals surface area contributed by atoms with Crippen LogP contribution in [0.2, 0.25) is 0 Å². The lowest BCUT2D eigenvalue weighted by Gasteiger charge is -1.88. The normalized spacial score (nSPS) is 29.3. The van der Waals surface area contributed by atoms with Crippen LogP contribution >= 0.6 is 0 Å². The van der Waals surface area contributed by atoms with E-state index in [0.29, 0.717) is 0 Å². The molecule has 63 valence electrons. The van der Waals surface area contributed by atoms with Crippen molar-refractivity contribution in [3.05, 3.63) is 48.6 Å². The molecule has 0 aliphatic heterocycles. The Balaban J connectivity index is 2.42. The van der Waals surface area contributed by atoms with E-state index in [2.05, 4.69) is 36.5 Å². The highest BCUT2D eigenvalue weighted by molar-refractivity contribution is 5.06. The molecule has 0 atom stereocenters. The third-order valence-electron chi connectivity index (χ3n) is 1.71. The maximum Gasteiger partial charge on any atom is -0.0187 e. The number of allylic oxidation sites excluding steroid dienone is 8. The molecule has 0 N–H and O–H groups in total. The van der Waals surface area contributed by atoms with Gasteiger partial charge in [0.1, 0.15) is 0 Å². The summed E-state index contributed by atoms with van der Waals surface area (Å²) in [5, 5.41) is 0. The molecule has 0 fully saturated rings. The van der Waals surface area contributed by atoms with Gasteiger partial charge in [-0.1, -0.05) is 42.5 Å². The third-order valence-corrected chi connectivity index (χ3v) is 1.71. The molecular weight excluding hydrogens is 144 g/mol. The van der Waals surface area contributed by atoms with E-state index in [0.717, 1.165) is 25.7 Å². The zero-order chi connectivity index (χ0) is 8.49. The van der Waals surface area contributed by atoms with Crippen LogP contribution in [0.1, 0.15) is 25.7 Å². The second kappa shape index (κ2) is 6.66. The van der Waals surface area contributed by atoms with Gasteiger partial charge in [-0.3, -0.25) is 0 Å². The minimum atomic E-state index is 1.13. The molecule has 1 radical (unpaired) electrons. The molecule has 12 heavy (non-hydrogen) atoms. The van der Waals surface area contributed by atoms with Gasteiger partial charge in [0.25, 0.3) is 0 Å². The van der Waals surface area contributed by atoms with Gasteiger partial charge in [0.05, 0.1) is 0 Å². The van der Waals surface area contributed by atoms with Gasteiger partial charge in [-0.15, -0.1) is 0 Å². The van der Waals surface area contributed by atoms with Crippen LogP contribution in [0.15, 0.2) is 42.5 Å². The van der Waals surface area contributed by atoms with Crippen molar-refractivity contribution in [1.82, 2.24) is 0 Å². The van der Waals surface area contributed by atoms with Crippen molar-refractivity contribution in [2.75, 3.05) is 0 Å². The summed E-state index contributed by atoms with van der Waals surface area (Å²) in [6, 6.07) is 0. The molecule has 0 aromatic carbocycles. The average Bonchev–Trinajstić information content (AvgIpc) is 2.05. The van der Waals surface area contributed by atoms with Crippen LogP contribution in [-0.4, -0.2) is 0 Å². The monoisotopic (exact) mass is 159 g/mol. The molecular formula is C12H15. The van der Waals surface area contributed by atoms with Crippen molar-refractivity contribution < 1.29 is 0 Å². The molecule has 1 aliphatic rings.